The van der Waals surface area contributed by atoms with Crippen LogP contribution in [-0.2, 0) is 0 Å². The number of aliphatic hydroxyl groups excluding tert-OH is 1. The monoisotopic (exact) mass is 238 g/mol. The molecule has 0 amide bonds. The number of thiophene rings is 1. The van der Waals surface area contributed by atoms with Crippen LogP contribution in [0.1, 0.15) is 13.8 Å². The summed E-state index contributed by atoms with van der Waals surface area (Å²) >= 11 is 3.51. The summed E-state index contributed by atoms with van der Waals surface area (Å²) in [6, 6.07) is 8.40. The topological polar surface area (TPSA) is 20.2 Å². The van der Waals surface area contributed by atoms with Gasteiger partial charge in [-0.1, -0.05) is 18.2 Å². The molecule has 0 bridgehead atoms. The van der Waals surface area contributed by atoms with Crippen molar-refractivity contribution in [2.75, 3.05) is 6.61 Å². The first kappa shape index (κ1) is 11.0. The van der Waals surface area contributed by atoms with Crippen LogP contribution in [0.25, 0.3) is 10.1 Å². The molecule has 0 spiro atoms. The lowest BCUT2D eigenvalue weighted by molar-refractivity contribution is 0.265. The fraction of sp³-hybridized carbons (Fsp3) is 0.333. The Balaban J connectivity index is 2.37. The quantitative estimate of drug-likeness (QED) is 0.822. The fourth-order valence-corrected chi connectivity index (χ4v) is 3.53. The lowest BCUT2D eigenvalue weighted by atomic mass is 10.2. The number of aliphatic hydroxyl groups is 1. The Kier molecular flexibility index (Phi) is 3.05. The van der Waals surface area contributed by atoms with Gasteiger partial charge in [0.1, 0.15) is 0 Å². The summed E-state index contributed by atoms with van der Waals surface area (Å²) < 4.78 is 1.21. The minimum absolute atomic E-state index is 0.107. The zero-order valence-corrected chi connectivity index (χ0v) is 10.5. The Bertz CT molecular complexity index is 459. The van der Waals surface area contributed by atoms with E-state index < -0.39 is 0 Å². The maximum atomic E-state index is 9.25. The number of benzene rings is 1. The molecule has 1 aromatic carbocycles. The molecule has 0 saturated carbocycles. The summed E-state index contributed by atoms with van der Waals surface area (Å²) in [6.45, 7) is 4.32. The van der Waals surface area contributed by atoms with Crippen LogP contribution >= 0.6 is 23.1 Å². The molecular formula is C12H14OS2. The van der Waals surface area contributed by atoms with Crippen molar-refractivity contribution in [2.24, 2.45) is 0 Å². The van der Waals surface area contributed by atoms with Crippen molar-refractivity contribution in [2.45, 2.75) is 23.5 Å². The SMILES string of the molecule is CC(C)(CO)Sc1csc2ccccc12. The van der Waals surface area contributed by atoms with Gasteiger partial charge in [0.05, 0.1) is 6.61 Å². The van der Waals surface area contributed by atoms with Gasteiger partial charge in [-0.3, -0.25) is 0 Å². The van der Waals surface area contributed by atoms with Crippen LogP contribution in [0.15, 0.2) is 34.5 Å². The van der Waals surface area contributed by atoms with Gasteiger partial charge in [0.25, 0.3) is 0 Å². The van der Waals surface area contributed by atoms with Gasteiger partial charge >= 0.3 is 0 Å². The molecule has 0 atom stereocenters. The third kappa shape index (κ3) is 2.36. The predicted octanol–water partition coefficient (Wildman–Crippen LogP) is 3.76. The maximum Gasteiger partial charge on any atom is 0.0576 e. The average Bonchev–Trinajstić information content (AvgIpc) is 2.62. The van der Waals surface area contributed by atoms with Gasteiger partial charge in [-0.25, -0.2) is 0 Å². The Hall–Kier alpha value is -0.510. The molecule has 1 nitrogen and oxygen atoms in total. The van der Waals surface area contributed by atoms with E-state index in [1.165, 1.54) is 15.0 Å². The fourth-order valence-electron chi connectivity index (χ4n) is 1.36. The number of hydrogen-bond donors (Lipinski definition) is 1. The number of fused-ring (bicyclic) bond motifs is 1. The van der Waals surface area contributed by atoms with Crippen molar-refractivity contribution in [1.29, 1.82) is 0 Å². The van der Waals surface area contributed by atoms with Gasteiger partial charge in [-0.2, -0.15) is 0 Å². The smallest absolute Gasteiger partial charge is 0.0576 e. The first-order valence-electron chi connectivity index (χ1n) is 4.88. The predicted molar refractivity (Wildman–Crippen MR) is 68.8 cm³/mol. The summed E-state index contributed by atoms with van der Waals surface area (Å²) in [6.07, 6.45) is 0. The molecule has 3 heteroatoms. The van der Waals surface area contributed by atoms with Crippen LogP contribution < -0.4 is 0 Å². The van der Waals surface area contributed by atoms with Gasteiger partial charge in [-0.15, -0.1) is 23.1 Å². The third-order valence-corrected chi connectivity index (χ3v) is 4.56. The highest BCUT2D eigenvalue weighted by molar-refractivity contribution is 8.01. The number of rotatable bonds is 3. The molecule has 1 aromatic heterocycles. The van der Waals surface area contributed by atoms with Crippen LogP contribution in [0.2, 0.25) is 0 Å². The summed E-state index contributed by atoms with van der Waals surface area (Å²) in [7, 11) is 0. The molecule has 0 radical (unpaired) electrons. The van der Waals surface area contributed by atoms with Crippen LogP contribution in [0.4, 0.5) is 0 Å². The molecule has 0 unspecified atom stereocenters. The van der Waals surface area contributed by atoms with Crippen molar-refractivity contribution in [3.63, 3.8) is 0 Å². The number of thioether (sulfide) groups is 1. The Labute approximate surface area is 98.1 Å². The second-order valence-corrected chi connectivity index (χ2v) is 6.78. The van der Waals surface area contributed by atoms with E-state index in [0.29, 0.717) is 0 Å². The van der Waals surface area contributed by atoms with E-state index in [1.54, 1.807) is 23.1 Å². The van der Waals surface area contributed by atoms with Gasteiger partial charge < -0.3 is 5.11 Å². The molecule has 0 fully saturated rings. The molecule has 15 heavy (non-hydrogen) atoms. The van der Waals surface area contributed by atoms with Crippen LogP contribution in [0, 0.1) is 0 Å². The highest BCUT2D eigenvalue weighted by Crippen LogP contribution is 2.39. The number of hydrogen-bond acceptors (Lipinski definition) is 3. The van der Waals surface area contributed by atoms with E-state index in [9.17, 15) is 5.11 Å². The van der Waals surface area contributed by atoms with E-state index in [4.69, 9.17) is 0 Å². The second kappa shape index (κ2) is 4.16. The molecule has 2 aromatic rings. The van der Waals surface area contributed by atoms with Gasteiger partial charge in [0.2, 0.25) is 0 Å². The first-order chi connectivity index (χ1) is 7.12. The standard InChI is InChI=1S/C12H14OS2/c1-12(2,8-13)15-11-7-14-10-6-4-3-5-9(10)11/h3-7,13H,8H2,1-2H3. The molecule has 0 aliphatic heterocycles. The van der Waals surface area contributed by atoms with Crippen LogP contribution in [0.5, 0.6) is 0 Å². The minimum atomic E-state index is -0.107. The average molecular weight is 238 g/mol. The van der Waals surface area contributed by atoms with E-state index in [1.807, 2.05) is 0 Å². The minimum Gasteiger partial charge on any atom is -0.395 e. The largest absolute Gasteiger partial charge is 0.395 e. The van der Waals surface area contributed by atoms with E-state index >= 15 is 0 Å². The first-order valence-corrected chi connectivity index (χ1v) is 6.58. The molecule has 1 N–H and O–H groups in total. The lowest BCUT2D eigenvalue weighted by Crippen LogP contribution is -2.19. The van der Waals surface area contributed by atoms with Crippen molar-refractivity contribution in [1.82, 2.24) is 0 Å². The normalized spacial score (nSPS) is 12.2. The van der Waals surface area contributed by atoms with Crippen molar-refractivity contribution < 1.29 is 5.11 Å². The van der Waals surface area contributed by atoms with Gasteiger partial charge in [-0.05, 0) is 19.9 Å². The molecule has 0 aliphatic carbocycles. The highest BCUT2D eigenvalue weighted by atomic mass is 32.2. The van der Waals surface area contributed by atoms with Crippen molar-refractivity contribution >= 4 is 33.2 Å². The van der Waals surface area contributed by atoms with E-state index in [0.717, 1.165) is 0 Å². The zero-order valence-electron chi connectivity index (χ0n) is 8.86. The van der Waals surface area contributed by atoms with Gasteiger partial charge in [0, 0.05) is 25.1 Å². The Morgan fingerprint density at radius 2 is 2.07 bits per heavy atom. The Morgan fingerprint density at radius 3 is 2.80 bits per heavy atom. The molecule has 0 saturated heterocycles. The molecule has 80 valence electrons. The van der Waals surface area contributed by atoms with Crippen molar-refractivity contribution in [3.05, 3.63) is 29.6 Å². The molecule has 1 heterocycles. The molecule has 0 aliphatic rings. The zero-order chi connectivity index (χ0) is 10.9. The van der Waals surface area contributed by atoms with E-state index in [-0.39, 0.29) is 11.4 Å². The van der Waals surface area contributed by atoms with E-state index in [2.05, 4.69) is 43.5 Å². The van der Waals surface area contributed by atoms with Crippen LogP contribution in [0.3, 0.4) is 0 Å². The van der Waals surface area contributed by atoms with Gasteiger partial charge in [0.15, 0.2) is 0 Å². The maximum absolute atomic E-state index is 9.25. The highest BCUT2D eigenvalue weighted by Gasteiger charge is 2.19. The summed E-state index contributed by atoms with van der Waals surface area (Å²) in [4.78, 5) is 1.27. The van der Waals surface area contributed by atoms with Crippen molar-refractivity contribution in [3.8, 4) is 0 Å². The molecule has 2 rings (SSSR count). The van der Waals surface area contributed by atoms with Crippen LogP contribution in [-0.4, -0.2) is 16.5 Å². The lowest BCUT2D eigenvalue weighted by Gasteiger charge is -2.20. The summed E-state index contributed by atoms with van der Waals surface area (Å²) in [5, 5.41) is 12.7. The summed E-state index contributed by atoms with van der Waals surface area (Å²) in [5.74, 6) is 0. The second-order valence-electron chi connectivity index (χ2n) is 4.12. The third-order valence-electron chi connectivity index (χ3n) is 2.21. The Morgan fingerprint density at radius 1 is 1.33 bits per heavy atom. The summed E-state index contributed by atoms with van der Waals surface area (Å²) in [5.41, 5.74) is 0. The molecular weight excluding hydrogens is 224 g/mol.